The largest absolute Gasteiger partial charge is 0.496 e. The van der Waals surface area contributed by atoms with E-state index in [1.807, 2.05) is 43.3 Å². The molecule has 0 aromatic heterocycles. The van der Waals surface area contributed by atoms with Gasteiger partial charge >= 0.3 is 6.03 Å². The smallest absolute Gasteiger partial charge is 0.321 e. The van der Waals surface area contributed by atoms with Crippen molar-refractivity contribution >= 4 is 17.5 Å². The van der Waals surface area contributed by atoms with Gasteiger partial charge in [0.05, 0.1) is 7.11 Å². The van der Waals surface area contributed by atoms with E-state index in [0.29, 0.717) is 19.5 Å². The summed E-state index contributed by atoms with van der Waals surface area (Å²) < 4.78 is 5.38. The van der Waals surface area contributed by atoms with Crippen molar-refractivity contribution in [3.63, 3.8) is 0 Å². The number of amides is 2. The molecule has 0 unspecified atom stereocenters. The molecule has 31 heavy (non-hydrogen) atoms. The third kappa shape index (κ3) is 6.07. The fourth-order valence-corrected chi connectivity index (χ4v) is 3.97. The van der Waals surface area contributed by atoms with Crippen molar-refractivity contribution in [1.82, 2.24) is 10.6 Å². The van der Waals surface area contributed by atoms with Gasteiger partial charge in [-0.25, -0.2) is 4.79 Å². The van der Waals surface area contributed by atoms with Crippen molar-refractivity contribution < 1.29 is 14.3 Å². The minimum absolute atomic E-state index is 0.0708. The molecular weight excluding hydrogens is 390 g/mol. The van der Waals surface area contributed by atoms with Crippen LogP contribution in [0, 0.1) is 0 Å². The molecule has 1 heterocycles. The molecule has 166 valence electrons. The summed E-state index contributed by atoms with van der Waals surface area (Å²) >= 11 is 0. The second-order valence-electron chi connectivity index (χ2n) is 7.77. The van der Waals surface area contributed by atoms with Crippen LogP contribution in [0.4, 0.5) is 10.5 Å². The predicted octanol–water partition coefficient (Wildman–Crippen LogP) is 3.97. The number of hydrogen-bond acceptors (Lipinski definition) is 4. The monoisotopic (exact) mass is 423 g/mol. The van der Waals surface area contributed by atoms with Gasteiger partial charge in [0.1, 0.15) is 5.75 Å². The minimum atomic E-state index is -0.0708. The summed E-state index contributed by atoms with van der Waals surface area (Å²) in [6.07, 6.45) is 4.10. The first kappa shape index (κ1) is 22.8. The average Bonchev–Trinajstić information content (AvgIpc) is 3.22. The molecule has 0 bridgehead atoms. The number of carbonyl (C=O) groups excluding carboxylic acids is 2. The number of nitrogens with one attached hydrogen (secondary N) is 2. The number of anilines is 1. The molecule has 1 aliphatic rings. The van der Waals surface area contributed by atoms with Gasteiger partial charge < -0.3 is 15.4 Å². The van der Waals surface area contributed by atoms with Crippen molar-refractivity contribution in [2.45, 2.75) is 39.0 Å². The number of fused-ring (bicyclic) bond motifs is 1. The molecule has 2 aromatic rings. The first-order valence-corrected chi connectivity index (χ1v) is 11.2. The Balaban J connectivity index is 1.37. The van der Waals surface area contributed by atoms with Crippen molar-refractivity contribution in [3.05, 3.63) is 59.2 Å². The molecule has 0 fully saturated rings. The lowest BCUT2D eigenvalue weighted by atomic mass is 10.0. The van der Waals surface area contributed by atoms with Crippen LogP contribution in [0.25, 0.3) is 0 Å². The van der Waals surface area contributed by atoms with Crippen LogP contribution in [0.5, 0.6) is 5.75 Å². The van der Waals surface area contributed by atoms with Crippen LogP contribution in [-0.2, 0) is 12.8 Å². The lowest BCUT2D eigenvalue weighted by Crippen LogP contribution is -2.38. The van der Waals surface area contributed by atoms with Gasteiger partial charge in [-0.05, 0) is 81.1 Å². The Morgan fingerprint density at radius 1 is 1.10 bits per heavy atom. The third-order valence-corrected chi connectivity index (χ3v) is 5.64. The zero-order valence-corrected chi connectivity index (χ0v) is 18.6. The number of methoxy groups -OCH3 is 1. The number of benzene rings is 2. The van der Waals surface area contributed by atoms with Crippen LogP contribution in [-0.4, -0.2) is 45.1 Å². The number of ether oxygens (including phenoxy) is 1. The van der Waals surface area contributed by atoms with E-state index in [1.165, 1.54) is 5.56 Å². The lowest BCUT2D eigenvalue weighted by molar-refractivity contribution is 0.0979. The van der Waals surface area contributed by atoms with Crippen LogP contribution in [0.1, 0.15) is 47.7 Å². The first-order chi connectivity index (χ1) is 15.1. The second kappa shape index (κ2) is 11.5. The Morgan fingerprint density at radius 2 is 1.94 bits per heavy atom. The summed E-state index contributed by atoms with van der Waals surface area (Å²) in [5.74, 6) is 1.10. The topological polar surface area (TPSA) is 70.7 Å². The maximum atomic E-state index is 12.6. The number of nitrogens with zero attached hydrogens (tertiary/aromatic N) is 1. The number of rotatable bonds is 11. The maximum absolute atomic E-state index is 12.6. The van der Waals surface area contributed by atoms with E-state index in [-0.39, 0.29) is 11.8 Å². The molecule has 2 N–H and O–H groups in total. The van der Waals surface area contributed by atoms with Crippen LogP contribution in [0.2, 0.25) is 0 Å². The van der Waals surface area contributed by atoms with Gasteiger partial charge in [-0.2, -0.15) is 0 Å². The Bertz CT molecular complexity index is 897. The predicted molar refractivity (Wildman–Crippen MR) is 124 cm³/mol. The van der Waals surface area contributed by atoms with Crippen molar-refractivity contribution in [3.8, 4) is 5.75 Å². The highest BCUT2D eigenvalue weighted by Gasteiger charge is 2.25. The number of ketones is 1. The van der Waals surface area contributed by atoms with E-state index >= 15 is 0 Å². The summed E-state index contributed by atoms with van der Waals surface area (Å²) in [6, 6.07) is 13.7. The van der Waals surface area contributed by atoms with Gasteiger partial charge in [0.2, 0.25) is 0 Å². The van der Waals surface area contributed by atoms with Crippen LogP contribution < -0.4 is 20.3 Å². The SMILES string of the molecule is CCNC(=O)N1CCc2cc(C(=O)CCCCNCCc3ccccc3OC)ccc21. The minimum Gasteiger partial charge on any atom is -0.496 e. The maximum Gasteiger partial charge on any atom is 0.321 e. The van der Waals surface area contributed by atoms with Crippen molar-refractivity contribution in [2.24, 2.45) is 0 Å². The van der Waals surface area contributed by atoms with E-state index < -0.39 is 0 Å². The highest BCUT2D eigenvalue weighted by molar-refractivity contribution is 5.99. The number of para-hydroxylation sites is 1. The van der Waals surface area contributed by atoms with E-state index in [4.69, 9.17) is 4.74 Å². The lowest BCUT2D eigenvalue weighted by Gasteiger charge is -2.17. The van der Waals surface area contributed by atoms with E-state index in [0.717, 1.165) is 61.3 Å². The highest BCUT2D eigenvalue weighted by atomic mass is 16.5. The molecule has 0 aliphatic carbocycles. The molecule has 2 amide bonds. The van der Waals surface area contributed by atoms with Gasteiger partial charge in [-0.1, -0.05) is 18.2 Å². The van der Waals surface area contributed by atoms with Gasteiger partial charge in [0, 0.05) is 30.8 Å². The van der Waals surface area contributed by atoms with Crippen molar-refractivity contribution in [1.29, 1.82) is 0 Å². The number of hydrogen-bond donors (Lipinski definition) is 2. The molecule has 2 aromatic carbocycles. The Labute approximate surface area is 185 Å². The summed E-state index contributed by atoms with van der Waals surface area (Å²) in [5, 5.41) is 6.29. The number of urea groups is 1. The van der Waals surface area contributed by atoms with Crippen LogP contribution in [0.15, 0.2) is 42.5 Å². The summed E-state index contributed by atoms with van der Waals surface area (Å²) in [4.78, 5) is 26.5. The second-order valence-corrected chi connectivity index (χ2v) is 7.77. The molecule has 0 saturated heterocycles. The highest BCUT2D eigenvalue weighted by Crippen LogP contribution is 2.29. The van der Waals surface area contributed by atoms with Gasteiger partial charge in [-0.15, -0.1) is 0 Å². The molecule has 6 heteroatoms. The fraction of sp³-hybridized carbons (Fsp3) is 0.440. The van der Waals surface area contributed by atoms with Crippen molar-refractivity contribution in [2.75, 3.05) is 38.2 Å². The van der Waals surface area contributed by atoms with E-state index in [2.05, 4.69) is 16.7 Å². The summed E-state index contributed by atoms with van der Waals surface area (Å²) in [7, 11) is 1.70. The Kier molecular flexibility index (Phi) is 8.47. The molecule has 6 nitrogen and oxygen atoms in total. The number of unbranched alkanes of at least 4 members (excludes halogenated alkanes) is 1. The van der Waals surface area contributed by atoms with E-state index in [9.17, 15) is 9.59 Å². The third-order valence-electron chi connectivity index (χ3n) is 5.64. The van der Waals surface area contributed by atoms with Crippen LogP contribution in [0.3, 0.4) is 0 Å². The Morgan fingerprint density at radius 3 is 2.74 bits per heavy atom. The normalized spacial score (nSPS) is 12.5. The molecule has 0 spiro atoms. The molecule has 0 saturated carbocycles. The molecule has 3 rings (SSSR count). The van der Waals surface area contributed by atoms with Gasteiger partial charge in [0.25, 0.3) is 0 Å². The summed E-state index contributed by atoms with van der Waals surface area (Å²) in [6.45, 7) is 4.97. The quantitative estimate of drug-likeness (QED) is 0.424. The summed E-state index contributed by atoms with van der Waals surface area (Å²) in [5.41, 5.74) is 3.95. The molecule has 0 atom stereocenters. The molecule has 0 radical (unpaired) electrons. The fourth-order valence-electron chi connectivity index (χ4n) is 3.97. The van der Waals surface area contributed by atoms with E-state index in [1.54, 1.807) is 12.0 Å². The number of Topliss-reactive ketones (excluding diaryl/α,β-unsaturated/α-hetero) is 1. The first-order valence-electron chi connectivity index (χ1n) is 11.2. The van der Waals surface area contributed by atoms with Gasteiger partial charge in [0.15, 0.2) is 5.78 Å². The zero-order chi connectivity index (χ0) is 22.1. The number of carbonyl (C=O) groups is 2. The Hall–Kier alpha value is -2.86. The molecular formula is C25H33N3O3. The molecule has 1 aliphatic heterocycles. The van der Waals surface area contributed by atoms with Crippen LogP contribution >= 0.6 is 0 Å². The average molecular weight is 424 g/mol. The zero-order valence-electron chi connectivity index (χ0n) is 18.6. The standard InChI is InChI=1S/C25H33N3O3/c1-3-27-25(30)28-17-14-20-18-21(11-12-22(20)28)23(29)9-6-7-15-26-16-13-19-8-4-5-10-24(19)31-2/h4-5,8,10-12,18,26H,3,6-7,9,13-17H2,1-2H3,(H,27,30). The van der Waals surface area contributed by atoms with Gasteiger partial charge in [-0.3, -0.25) is 9.69 Å².